The lowest BCUT2D eigenvalue weighted by Gasteiger charge is -2.28. The summed E-state index contributed by atoms with van der Waals surface area (Å²) in [7, 11) is 0. The first kappa shape index (κ1) is 14.1. The van der Waals surface area contributed by atoms with E-state index in [1.54, 1.807) is 0 Å². The average molecular weight is 277 g/mol. The van der Waals surface area contributed by atoms with E-state index in [4.69, 9.17) is 11.3 Å². The lowest BCUT2D eigenvalue weighted by atomic mass is 9.78. The van der Waals surface area contributed by atoms with Crippen molar-refractivity contribution in [3.8, 4) is 0 Å². The minimum absolute atomic E-state index is 0.000273. The molecule has 0 unspecified atom stereocenters. The number of hydrogen-bond acceptors (Lipinski definition) is 4. The van der Waals surface area contributed by atoms with E-state index in [9.17, 15) is 4.79 Å². The van der Waals surface area contributed by atoms with E-state index in [1.165, 1.54) is 0 Å². The summed E-state index contributed by atoms with van der Waals surface area (Å²) in [6, 6.07) is 7.68. The van der Waals surface area contributed by atoms with Gasteiger partial charge in [-0.25, -0.2) is 5.84 Å². The number of carbonyl (C=O) groups excluding carboxylic acids is 1. The summed E-state index contributed by atoms with van der Waals surface area (Å²) in [5.41, 5.74) is 3.75. The van der Waals surface area contributed by atoms with Gasteiger partial charge in [0.1, 0.15) is 0 Å². The zero-order valence-corrected chi connectivity index (χ0v) is 11.6. The van der Waals surface area contributed by atoms with Crippen molar-refractivity contribution in [1.29, 1.82) is 5.41 Å². The lowest BCUT2D eigenvalue weighted by molar-refractivity contribution is -0.126. The first-order valence-corrected chi connectivity index (χ1v) is 6.95. The molecule has 0 atom stereocenters. The second kappa shape index (κ2) is 6.21. The number of rotatable bonds is 3. The van der Waals surface area contributed by atoms with E-state index in [0.717, 1.165) is 36.1 Å². The van der Waals surface area contributed by atoms with E-state index in [1.807, 2.05) is 24.3 Å². The highest BCUT2D eigenvalue weighted by Crippen LogP contribution is 2.32. The molecule has 1 aliphatic rings. The van der Waals surface area contributed by atoms with Crippen LogP contribution in [0.2, 0.25) is 0 Å². The standard InChI is InChI=1S/C14H19N3OS/c15-13(11-3-1-2-4-12(11)19)9-5-7-10(8-6-9)14(18)17-16/h1-4,9-10,15,19H,5-8,16H2,(H,17,18)/t9-,10-. The van der Waals surface area contributed by atoms with Crippen molar-refractivity contribution in [2.24, 2.45) is 17.7 Å². The van der Waals surface area contributed by atoms with E-state index >= 15 is 0 Å². The van der Waals surface area contributed by atoms with Crippen LogP contribution in [0.4, 0.5) is 0 Å². The Morgan fingerprint density at radius 1 is 1.21 bits per heavy atom. The Bertz CT molecular complexity index is 481. The molecule has 0 heterocycles. The molecule has 1 aliphatic carbocycles. The van der Waals surface area contributed by atoms with Gasteiger partial charge in [0, 0.05) is 28.0 Å². The Morgan fingerprint density at radius 3 is 2.37 bits per heavy atom. The number of hydrazine groups is 1. The van der Waals surface area contributed by atoms with Gasteiger partial charge in [-0.05, 0) is 31.7 Å². The van der Waals surface area contributed by atoms with E-state index in [2.05, 4.69) is 18.1 Å². The normalized spacial score (nSPS) is 22.8. The molecule has 1 fully saturated rings. The largest absolute Gasteiger partial charge is 0.304 e. The molecule has 4 N–H and O–H groups in total. The molecule has 2 rings (SSSR count). The fraction of sp³-hybridized carbons (Fsp3) is 0.429. The highest BCUT2D eigenvalue weighted by molar-refractivity contribution is 7.80. The Morgan fingerprint density at radius 2 is 1.79 bits per heavy atom. The summed E-state index contributed by atoms with van der Waals surface area (Å²) in [6.45, 7) is 0. The maximum absolute atomic E-state index is 11.5. The van der Waals surface area contributed by atoms with Crippen molar-refractivity contribution in [1.82, 2.24) is 5.43 Å². The van der Waals surface area contributed by atoms with Crippen LogP contribution in [-0.2, 0) is 4.79 Å². The second-order valence-electron chi connectivity index (χ2n) is 4.99. The number of nitrogens with two attached hydrogens (primary N) is 1. The molecule has 1 aromatic rings. The highest BCUT2D eigenvalue weighted by Gasteiger charge is 2.28. The molecular weight excluding hydrogens is 258 g/mol. The Labute approximate surface area is 118 Å². The van der Waals surface area contributed by atoms with Crippen molar-refractivity contribution in [3.63, 3.8) is 0 Å². The third-order valence-electron chi connectivity index (χ3n) is 3.84. The highest BCUT2D eigenvalue weighted by atomic mass is 32.1. The van der Waals surface area contributed by atoms with Gasteiger partial charge in [-0.1, -0.05) is 18.2 Å². The minimum Gasteiger partial charge on any atom is -0.304 e. The summed E-state index contributed by atoms with van der Waals surface area (Å²) >= 11 is 4.40. The molecule has 4 nitrogen and oxygen atoms in total. The van der Waals surface area contributed by atoms with E-state index in [-0.39, 0.29) is 17.7 Å². The van der Waals surface area contributed by atoms with Crippen LogP contribution in [0.5, 0.6) is 0 Å². The molecule has 0 spiro atoms. The molecule has 0 aliphatic heterocycles. The average Bonchev–Trinajstić information content (AvgIpc) is 2.46. The SMILES string of the molecule is N=C(c1ccccc1S)[C@H]1CC[C@H](C(=O)NN)CC1. The van der Waals surface area contributed by atoms with Crippen molar-refractivity contribution in [3.05, 3.63) is 29.8 Å². The molecule has 19 heavy (non-hydrogen) atoms. The lowest BCUT2D eigenvalue weighted by Crippen LogP contribution is -2.38. The topological polar surface area (TPSA) is 79.0 Å². The van der Waals surface area contributed by atoms with Crippen molar-refractivity contribution in [2.45, 2.75) is 30.6 Å². The van der Waals surface area contributed by atoms with Crippen LogP contribution in [-0.4, -0.2) is 11.6 Å². The molecule has 0 aromatic heterocycles. The molecule has 1 aromatic carbocycles. The molecule has 1 saturated carbocycles. The molecule has 1 amide bonds. The van der Waals surface area contributed by atoms with Crippen molar-refractivity contribution in [2.75, 3.05) is 0 Å². The quantitative estimate of drug-likeness (QED) is 0.224. The number of carbonyl (C=O) groups is 1. The summed E-state index contributed by atoms with van der Waals surface area (Å²) in [5, 5.41) is 8.31. The molecule has 0 radical (unpaired) electrons. The van der Waals surface area contributed by atoms with Crippen LogP contribution >= 0.6 is 12.6 Å². The van der Waals surface area contributed by atoms with Crippen LogP contribution in [0.3, 0.4) is 0 Å². The summed E-state index contributed by atoms with van der Waals surface area (Å²) in [4.78, 5) is 12.3. The van der Waals surface area contributed by atoms with Gasteiger partial charge in [0.15, 0.2) is 0 Å². The fourth-order valence-corrected chi connectivity index (χ4v) is 2.96. The van der Waals surface area contributed by atoms with Gasteiger partial charge < -0.3 is 5.41 Å². The van der Waals surface area contributed by atoms with Crippen LogP contribution in [0.1, 0.15) is 31.2 Å². The number of thiol groups is 1. The Hall–Kier alpha value is -1.33. The van der Waals surface area contributed by atoms with Gasteiger partial charge in [-0.2, -0.15) is 0 Å². The van der Waals surface area contributed by atoms with Crippen molar-refractivity contribution >= 4 is 24.2 Å². The second-order valence-corrected chi connectivity index (χ2v) is 5.47. The zero-order valence-electron chi connectivity index (χ0n) is 10.7. The van der Waals surface area contributed by atoms with Gasteiger partial charge in [0.25, 0.3) is 0 Å². The molecule has 0 saturated heterocycles. The number of nitrogens with one attached hydrogen (secondary N) is 2. The molecule has 0 bridgehead atoms. The number of benzene rings is 1. The number of hydrogen-bond donors (Lipinski definition) is 4. The summed E-state index contributed by atoms with van der Waals surface area (Å²) < 4.78 is 0. The first-order chi connectivity index (χ1) is 9.13. The summed E-state index contributed by atoms with van der Waals surface area (Å²) in [6.07, 6.45) is 3.31. The smallest absolute Gasteiger partial charge is 0.236 e. The Balaban J connectivity index is 2.00. The predicted octanol–water partition coefficient (Wildman–Crippen LogP) is 2.14. The van der Waals surface area contributed by atoms with E-state index < -0.39 is 0 Å². The first-order valence-electron chi connectivity index (χ1n) is 6.50. The van der Waals surface area contributed by atoms with E-state index in [0.29, 0.717) is 5.71 Å². The maximum atomic E-state index is 11.5. The fourth-order valence-electron chi connectivity index (χ4n) is 2.68. The Kier molecular flexibility index (Phi) is 4.61. The predicted molar refractivity (Wildman–Crippen MR) is 78.3 cm³/mol. The zero-order chi connectivity index (χ0) is 13.8. The third kappa shape index (κ3) is 3.16. The van der Waals surface area contributed by atoms with Crippen LogP contribution < -0.4 is 11.3 Å². The van der Waals surface area contributed by atoms with Crippen molar-refractivity contribution < 1.29 is 4.79 Å². The van der Waals surface area contributed by atoms with Gasteiger partial charge in [0.2, 0.25) is 5.91 Å². The van der Waals surface area contributed by atoms with Crippen LogP contribution in [0.15, 0.2) is 29.2 Å². The number of amides is 1. The molecule has 102 valence electrons. The molecule has 5 heteroatoms. The minimum atomic E-state index is -0.0837. The van der Waals surface area contributed by atoms with Crippen LogP contribution in [0, 0.1) is 17.2 Å². The maximum Gasteiger partial charge on any atom is 0.236 e. The van der Waals surface area contributed by atoms with Gasteiger partial charge in [-0.15, -0.1) is 12.6 Å². The molecular formula is C14H19N3OS. The third-order valence-corrected chi connectivity index (χ3v) is 4.23. The van der Waals surface area contributed by atoms with Gasteiger partial charge >= 0.3 is 0 Å². The summed E-state index contributed by atoms with van der Waals surface area (Å²) in [5.74, 6) is 5.29. The van der Waals surface area contributed by atoms with Crippen LogP contribution in [0.25, 0.3) is 0 Å². The van der Waals surface area contributed by atoms with Gasteiger partial charge in [0.05, 0.1) is 0 Å². The van der Waals surface area contributed by atoms with Gasteiger partial charge in [-0.3, -0.25) is 10.2 Å². The monoisotopic (exact) mass is 277 g/mol.